The Kier molecular flexibility index (Phi) is 2.76. The third kappa shape index (κ3) is 2.14. The highest BCUT2D eigenvalue weighted by atomic mass is 16.2. The van der Waals surface area contributed by atoms with Gasteiger partial charge in [-0.05, 0) is 12.1 Å². The lowest BCUT2D eigenvalue weighted by Gasteiger charge is -2.05. The molecule has 0 atom stereocenters. The first-order valence-corrected chi connectivity index (χ1v) is 5.79. The van der Waals surface area contributed by atoms with E-state index in [1.807, 2.05) is 0 Å². The monoisotopic (exact) mass is 287 g/mol. The number of nitrogens with zero attached hydrogens (tertiary/aromatic N) is 2. The highest BCUT2D eigenvalue weighted by Crippen LogP contribution is 2.17. The van der Waals surface area contributed by atoms with Gasteiger partial charge in [-0.2, -0.15) is 4.98 Å². The molecule has 0 saturated heterocycles. The number of rotatable bonds is 2. The van der Waals surface area contributed by atoms with Gasteiger partial charge in [-0.25, -0.2) is 0 Å². The van der Waals surface area contributed by atoms with Gasteiger partial charge in [0.1, 0.15) is 0 Å². The van der Waals surface area contributed by atoms with E-state index in [0.29, 0.717) is 0 Å². The Hall–Kier alpha value is -3.43. The van der Waals surface area contributed by atoms with Gasteiger partial charge in [0.05, 0.1) is 16.5 Å². The predicted octanol–water partition coefficient (Wildman–Crippen LogP) is -0.831. The molecule has 3 aromatic rings. The first-order valence-electron chi connectivity index (χ1n) is 5.79. The van der Waals surface area contributed by atoms with Gasteiger partial charge >= 0.3 is 0 Å². The van der Waals surface area contributed by atoms with Crippen molar-refractivity contribution in [3.8, 4) is 0 Å². The van der Waals surface area contributed by atoms with Crippen LogP contribution in [0, 0.1) is 0 Å². The van der Waals surface area contributed by atoms with Crippen molar-refractivity contribution in [2.45, 2.75) is 0 Å². The van der Waals surface area contributed by atoms with Crippen LogP contribution in [-0.4, -0.2) is 31.3 Å². The number of H-pyrrole nitrogens is 3. The van der Waals surface area contributed by atoms with Crippen LogP contribution in [0.3, 0.4) is 0 Å². The van der Waals surface area contributed by atoms with Crippen LogP contribution < -0.4 is 22.2 Å². The van der Waals surface area contributed by atoms with Crippen molar-refractivity contribution in [2.75, 3.05) is 11.1 Å². The lowest BCUT2D eigenvalue weighted by molar-refractivity contribution is 0.101. The average molecular weight is 287 g/mol. The van der Waals surface area contributed by atoms with Gasteiger partial charge in [-0.3, -0.25) is 29.7 Å². The Balaban J connectivity index is 2.09. The van der Waals surface area contributed by atoms with Crippen LogP contribution in [0.15, 0.2) is 27.8 Å². The molecule has 106 valence electrons. The number of benzene rings is 1. The first-order chi connectivity index (χ1) is 10.1. The molecule has 0 aliphatic carbocycles. The highest BCUT2D eigenvalue weighted by molar-refractivity contribution is 6.07. The number of hydrogen-bond donors (Lipinski definition) is 5. The van der Waals surface area contributed by atoms with Crippen molar-refractivity contribution in [1.82, 2.24) is 25.4 Å². The molecule has 0 bridgehead atoms. The molecule has 3 rings (SSSR count). The van der Waals surface area contributed by atoms with Crippen molar-refractivity contribution < 1.29 is 4.79 Å². The van der Waals surface area contributed by atoms with Crippen LogP contribution in [0.2, 0.25) is 0 Å². The number of amides is 1. The van der Waals surface area contributed by atoms with Crippen molar-refractivity contribution in [2.24, 2.45) is 0 Å². The van der Waals surface area contributed by atoms with Crippen molar-refractivity contribution in [3.05, 3.63) is 44.7 Å². The van der Waals surface area contributed by atoms with E-state index in [2.05, 4.69) is 30.7 Å². The van der Waals surface area contributed by atoms with E-state index >= 15 is 0 Å². The summed E-state index contributed by atoms with van der Waals surface area (Å²) >= 11 is 0. The van der Waals surface area contributed by atoms with Crippen molar-refractivity contribution in [1.29, 1.82) is 0 Å². The highest BCUT2D eigenvalue weighted by Gasteiger charge is 2.14. The average Bonchev–Trinajstić information content (AvgIpc) is 2.90. The number of fused-ring (bicyclic) bond motifs is 1. The third-order valence-corrected chi connectivity index (χ3v) is 2.79. The number of aromatic amines is 3. The molecular formula is C11H9N7O3. The summed E-state index contributed by atoms with van der Waals surface area (Å²) < 4.78 is 0. The van der Waals surface area contributed by atoms with E-state index in [1.54, 1.807) is 6.07 Å². The van der Waals surface area contributed by atoms with Crippen LogP contribution in [0.1, 0.15) is 10.6 Å². The maximum absolute atomic E-state index is 12.0. The minimum Gasteiger partial charge on any atom is -0.366 e. The second-order valence-corrected chi connectivity index (χ2v) is 4.13. The Morgan fingerprint density at radius 1 is 1.19 bits per heavy atom. The van der Waals surface area contributed by atoms with Crippen LogP contribution in [0.5, 0.6) is 0 Å². The van der Waals surface area contributed by atoms with E-state index in [0.717, 1.165) is 0 Å². The van der Waals surface area contributed by atoms with Gasteiger partial charge in [0.15, 0.2) is 0 Å². The fourth-order valence-corrected chi connectivity index (χ4v) is 1.89. The fraction of sp³-hybridized carbons (Fsp3) is 0. The van der Waals surface area contributed by atoms with Gasteiger partial charge in [-0.1, -0.05) is 6.07 Å². The summed E-state index contributed by atoms with van der Waals surface area (Å²) in [7, 11) is 0. The van der Waals surface area contributed by atoms with E-state index < -0.39 is 17.0 Å². The van der Waals surface area contributed by atoms with Crippen LogP contribution >= 0.6 is 0 Å². The van der Waals surface area contributed by atoms with E-state index in [9.17, 15) is 14.4 Å². The fourth-order valence-electron chi connectivity index (χ4n) is 1.89. The molecule has 2 heterocycles. The number of hydrogen-bond acceptors (Lipinski definition) is 6. The summed E-state index contributed by atoms with van der Waals surface area (Å²) in [6.07, 6.45) is 0. The summed E-state index contributed by atoms with van der Waals surface area (Å²) in [5.41, 5.74) is 4.49. The summed E-state index contributed by atoms with van der Waals surface area (Å²) in [6.45, 7) is 0. The van der Waals surface area contributed by atoms with Crippen molar-refractivity contribution >= 4 is 28.3 Å². The molecular weight excluding hydrogens is 278 g/mol. The smallest absolute Gasteiger partial charge is 0.293 e. The molecule has 0 aliphatic heterocycles. The van der Waals surface area contributed by atoms with Gasteiger partial charge < -0.3 is 11.1 Å². The third-order valence-electron chi connectivity index (χ3n) is 2.79. The maximum atomic E-state index is 12.0. The number of nitrogens with one attached hydrogen (secondary N) is 4. The molecule has 0 spiro atoms. The maximum Gasteiger partial charge on any atom is 0.293 e. The molecule has 1 aromatic carbocycles. The van der Waals surface area contributed by atoms with Gasteiger partial charge in [0, 0.05) is 0 Å². The van der Waals surface area contributed by atoms with E-state index in [-0.39, 0.29) is 28.2 Å². The van der Waals surface area contributed by atoms with Crippen LogP contribution in [0.4, 0.5) is 11.6 Å². The predicted molar refractivity (Wildman–Crippen MR) is 73.9 cm³/mol. The molecule has 2 aromatic heterocycles. The standard InChI is InChI=1S/C11H9N7O3/c12-11-14-7(15-18-11)10(21)13-5-3-1-2-4-6(5)9(20)17-16-8(4)19/h1-3H,(H,13,21)(H,16,19)(H,17,20)(H3,12,14,15,18). The zero-order valence-corrected chi connectivity index (χ0v) is 10.4. The quantitative estimate of drug-likeness (QED) is 0.413. The molecule has 0 saturated carbocycles. The van der Waals surface area contributed by atoms with E-state index in [1.165, 1.54) is 12.1 Å². The normalized spacial score (nSPS) is 10.7. The number of nitrogen functional groups attached to an aromatic ring is 1. The van der Waals surface area contributed by atoms with Crippen molar-refractivity contribution in [3.63, 3.8) is 0 Å². The number of anilines is 2. The molecule has 0 aliphatic rings. The molecule has 10 heteroatoms. The Bertz CT molecular complexity index is 952. The topological polar surface area (TPSA) is 162 Å². The molecule has 6 N–H and O–H groups in total. The Morgan fingerprint density at radius 2 is 1.95 bits per heavy atom. The summed E-state index contributed by atoms with van der Waals surface area (Å²) in [5.74, 6) is -0.815. The Labute approximate surface area is 115 Å². The largest absolute Gasteiger partial charge is 0.366 e. The minimum absolute atomic E-state index is 0.0714. The molecule has 0 radical (unpaired) electrons. The molecule has 10 nitrogen and oxygen atoms in total. The van der Waals surface area contributed by atoms with Gasteiger partial charge in [-0.15, -0.1) is 5.10 Å². The summed E-state index contributed by atoms with van der Waals surface area (Å²) in [4.78, 5) is 39.1. The zero-order chi connectivity index (χ0) is 15.0. The lowest BCUT2D eigenvalue weighted by Crippen LogP contribution is -2.22. The molecule has 1 amide bonds. The van der Waals surface area contributed by atoms with Crippen LogP contribution in [0.25, 0.3) is 10.8 Å². The number of aromatic nitrogens is 5. The minimum atomic E-state index is -0.633. The lowest BCUT2D eigenvalue weighted by atomic mass is 10.1. The zero-order valence-electron chi connectivity index (χ0n) is 10.4. The number of carbonyl (C=O) groups excluding carboxylic acids is 1. The SMILES string of the molecule is Nc1n[nH]c(C(=O)Nc2cccc3c(=O)[nH][nH]c(=O)c23)n1. The van der Waals surface area contributed by atoms with Crippen LogP contribution in [-0.2, 0) is 0 Å². The molecule has 21 heavy (non-hydrogen) atoms. The summed E-state index contributed by atoms with van der Waals surface area (Å²) in [5, 5.41) is 13.0. The molecule has 0 unspecified atom stereocenters. The second-order valence-electron chi connectivity index (χ2n) is 4.13. The van der Waals surface area contributed by atoms with E-state index in [4.69, 9.17) is 5.73 Å². The number of carbonyl (C=O) groups is 1. The first kappa shape index (κ1) is 12.6. The second kappa shape index (κ2) is 4.59. The summed E-state index contributed by atoms with van der Waals surface area (Å²) in [6, 6.07) is 4.52. The van der Waals surface area contributed by atoms with Gasteiger partial charge in [0.2, 0.25) is 11.8 Å². The number of nitrogens with two attached hydrogens (primary N) is 1. The molecule has 0 fully saturated rings. The van der Waals surface area contributed by atoms with Gasteiger partial charge in [0.25, 0.3) is 17.0 Å². The Morgan fingerprint density at radius 3 is 2.67 bits per heavy atom.